The maximum Gasteiger partial charge on any atom is 0.267 e. The van der Waals surface area contributed by atoms with Gasteiger partial charge in [0, 0.05) is 17.1 Å². The smallest absolute Gasteiger partial charge is 0.267 e. The van der Waals surface area contributed by atoms with Crippen molar-refractivity contribution in [2.45, 2.75) is 31.8 Å². The minimum Gasteiger partial charge on any atom is -0.311 e. The van der Waals surface area contributed by atoms with Gasteiger partial charge in [0.25, 0.3) is 5.56 Å². The van der Waals surface area contributed by atoms with Gasteiger partial charge in [-0.05, 0) is 56.0 Å². The molecule has 0 radical (unpaired) electrons. The number of thiophene rings is 1. The van der Waals surface area contributed by atoms with E-state index >= 15 is 0 Å². The highest BCUT2D eigenvalue weighted by atomic mass is 32.2. The highest BCUT2D eigenvalue weighted by Gasteiger charge is 2.24. The summed E-state index contributed by atoms with van der Waals surface area (Å²) in [5, 5.41) is 1.21. The molecule has 0 aliphatic carbocycles. The van der Waals surface area contributed by atoms with Gasteiger partial charge in [-0.25, -0.2) is 4.98 Å². The maximum absolute atomic E-state index is 13.5. The van der Waals surface area contributed by atoms with Crippen LogP contribution in [-0.4, -0.2) is 27.8 Å². The Labute approximate surface area is 194 Å². The summed E-state index contributed by atoms with van der Waals surface area (Å²) in [5.41, 5.74) is 3.86. The number of hydrogen-bond acceptors (Lipinski definition) is 5. The number of para-hydroxylation sites is 2. The third-order valence-electron chi connectivity index (χ3n) is 5.92. The summed E-state index contributed by atoms with van der Waals surface area (Å²) in [7, 11) is 0. The molecule has 5 nitrogen and oxygen atoms in total. The fourth-order valence-electron chi connectivity index (χ4n) is 4.17. The first kappa shape index (κ1) is 21.0. The number of fused-ring (bicyclic) bond motifs is 2. The van der Waals surface area contributed by atoms with Crippen LogP contribution in [0, 0.1) is 13.8 Å². The van der Waals surface area contributed by atoms with Gasteiger partial charge in [0.1, 0.15) is 4.83 Å². The molecule has 0 unspecified atom stereocenters. The molecule has 0 atom stereocenters. The molecule has 162 valence electrons. The van der Waals surface area contributed by atoms with Crippen LogP contribution in [0.15, 0.2) is 64.5 Å². The molecule has 1 amide bonds. The molecule has 1 aliphatic heterocycles. The predicted molar refractivity (Wildman–Crippen MR) is 133 cm³/mol. The SMILES string of the molecule is Cc1sc2nc(SCC(=O)N3CCCc4ccccc43)n(-c3ccccc3)c(=O)c2c1C. The fourth-order valence-corrected chi connectivity index (χ4v) is 6.13. The van der Waals surface area contributed by atoms with Crippen molar-refractivity contribution >= 4 is 44.9 Å². The number of benzene rings is 2. The first-order valence-corrected chi connectivity index (χ1v) is 12.4. The Morgan fingerprint density at radius 2 is 1.84 bits per heavy atom. The van der Waals surface area contributed by atoms with Crippen LogP contribution in [0.4, 0.5) is 5.69 Å². The molecule has 32 heavy (non-hydrogen) atoms. The molecule has 0 saturated heterocycles. The van der Waals surface area contributed by atoms with Crippen molar-refractivity contribution in [3.8, 4) is 5.69 Å². The van der Waals surface area contributed by atoms with Crippen LogP contribution in [0.5, 0.6) is 0 Å². The molecular formula is C25H23N3O2S2. The minimum absolute atomic E-state index is 0.0367. The standard InChI is InChI=1S/C25H23N3O2S2/c1-16-17(2)32-23-22(16)24(30)28(19-11-4-3-5-12-19)25(26-23)31-15-21(29)27-14-8-10-18-9-6-7-13-20(18)27/h3-7,9,11-13H,8,10,14-15H2,1-2H3. The molecule has 2 aromatic carbocycles. The van der Waals surface area contributed by atoms with Gasteiger partial charge in [0.15, 0.2) is 5.16 Å². The van der Waals surface area contributed by atoms with Crippen molar-refractivity contribution < 1.29 is 4.79 Å². The Kier molecular flexibility index (Phi) is 5.61. The lowest BCUT2D eigenvalue weighted by Gasteiger charge is -2.29. The van der Waals surface area contributed by atoms with Gasteiger partial charge >= 0.3 is 0 Å². The number of aromatic nitrogens is 2. The summed E-state index contributed by atoms with van der Waals surface area (Å²) in [6.45, 7) is 4.70. The van der Waals surface area contributed by atoms with Crippen LogP contribution >= 0.6 is 23.1 Å². The molecule has 0 saturated carbocycles. The van der Waals surface area contributed by atoms with E-state index in [1.807, 2.05) is 67.3 Å². The second kappa shape index (κ2) is 8.56. The van der Waals surface area contributed by atoms with Crippen LogP contribution < -0.4 is 10.5 Å². The summed E-state index contributed by atoms with van der Waals surface area (Å²) >= 11 is 2.86. The zero-order valence-electron chi connectivity index (χ0n) is 18.0. The van der Waals surface area contributed by atoms with Crippen molar-refractivity contribution in [3.05, 3.63) is 81.0 Å². The molecule has 2 aromatic heterocycles. The first-order valence-electron chi connectivity index (χ1n) is 10.6. The molecule has 5 rings (SSSR count). The van der Waals surface area contributed by atoms with Crippen LogP contribution in [0.3, 0.4) is 0 Å². The normalized spacial score (nSPS) is 13.4. The Hall–Kier alpha value is -2.90. The first-order chi connectivity index (χ1) is 15.5. The van der Waals surface area contributed by atoms with E-state index in [4.69, 9.17) is 4.98 Å². The molecule has 4 aromatic rings. The number of anilines is 1. The van der Waals surface area contributed by atoms with Crippen LogP contribution in [0.1, 0.15) is 22.4 Å². The largest absolute Gasteiger partial charge is 0.311 e. The Balaban J connectivity index is 1.52. The van der Waals surface area contributed by atoms with Crippen molar-refractivity contribution in [2.75, 3.05) is 17.2 Å². The third kappa shape index (κ3) is 3.65. The summed E-state index contributed by atoms with van der Waals surface area (Å²) in [6.07, 6.45) is 1.95. The van der Waals surface area contributed by atoms with Gasteiger partial charge in [0.05, 0.1) is 16.8 Å². The zero-order chi connectivity index (χ0) is 22.2. The summed E-state index contributed by atoms with van der Waals surface area (Å²) in [5.74, 6) is 0.261. The Bertz CT molecular complexity index is 1380. The summed E-state index contributed by atoms with van der Waals surface area (Å²) < 4.78 is 1.64. The van der Waals surface area contributed by atoms with Crippen LogP contribution in [0.25, 0.3) is 15.9 Å². The molecular weight excluding hydrogens is 438 g/mol. The molecule has 0 fully saturated rings. The topological polar surface area (TPSA) is 55.2 Å². The van der Waals surface area contributed by atoms with E-state index in [1.165, 1.54) is 28.7 Å². The number of thioether (sulfide) groups is 1. The van der Waals surface area contributed by atoms with Gasteiger partial charge in [-0.15, -0.1) is 11.3 Å². The number of carbonyl (C=O) groups excluding carboxylic acids is 1. The van der Waals surface area contributed by atoms with Crippen molar-refractivity contribution in [1.82, 2.24) is 9.55 Å². The lowest BCUT2D eigenvalue weighted by atomic mass is 10.0. The molecule has 3 heterocycles. The number of nitrogens with zero attached hydrogens (tertiary/aromatic N) is 3. The van der Waals surface area contributed by atoms with E-state index in [-0.39, 0.29) is 17.2 Å². The Morgan fingerprint density at radius 3 is 2.66 bits per heavy atom. The van der Waals surface area contributed by atoms with E-state index in [0.29, 0.717) is 10.5 Å². The van der Waals surface area contributed by atoms with Gasteiger partial charge in [-0.2, -0.15) is 0 Å². The van der Waals surface area contributed by atoms with Crippen molar-refractivity contribution in [2.24, 2.45) is 0 Å². The van der Waals surface area contributed by atoms with E-state index in [9.17, 15) is 9.59 Å². The van der Waals surface area contributed by atoms with E-state index in [1.54, 1.807) is 4.57 Å². The van der Waals surface area contributed by atoms with E-state index in [0.717, 1.165) is 46.0 Å². The van der Waals surface area contributed by atoms with E-state index in [2.05, 4.69) is 6.07 Å². The van der Waals surface area contributed by atoms with Gasteiger partial charge < -0.3 is 4.90 Å². The van der Waals surface area contributed by atoms with Crippen molar-refractivity contribution in [1.29, 1.82) is 0 Å². The highest BCUT2D eigenvalue weighted by Crippen LogP contribution is 2.31. The highest BCUT2D eigenvalue weighted by molar-refractivity contribution is 7.99. The Morgan fingerprint density at radius 1 is 1.09 bits per heavy atom. The number of rotatable bonds is 4. The maximum atomic E-state index is 13.5. The summed E-state index contributed by atoms with van der Waals surface area (Å²) in [4.78, 5) is 35.2. The number of aryl methyl sites for hydroxylation is 3. The molecule has 0 spiro atoms. The van der Waals surface area contributed by atoms with Crippen LogP contribution in [0.2, 0.25) is 0 Å². The number of hydrogen-bond donors (Lipinski definition) is 0. The lowest BCUT2D eigenvalue weighted by molar-refractivity contribution is -0.116. The van der Waals surface area contributed by atoms with E-state index < -0.39 is 0 Å². The number of carbonyl (C=O) groups is 1. The fraction of sp³-hybridized carbons (Fsp3) is 0.240. The monoisotopic (exact) mass is 461 g/mol. The third-order valence-corrected chi connectivity index (χ3v) is 7.95. The summed E-state index contributed by atoms with van der Waals surface area (Å²) in [6, 6.07) is 17.6. The quantitative estimate of drug-likeness (QED) is 0.312. The molecule has 1 aliphatic rings. The molecule has 7 heteroatoms. The zero-order valence-corrected chi connectivity index (χ0v) is 19.6. The van der Waals surface area contributed by atoms with Gasteiger partial charge in [-0.1, -0.05) is 48.2 Å². The molecule has 0 N–H and O–H groups in total. The van der Waals surface area contributed by atoms with Gasteiger partial charge in [0.2, 0.25) is 5.91 Å². The lowest BCUT2D eigenvalue weighted by Crippen LogP contribution is -2.36. The minimum atomic E-state index is -0.0821. The number of amides is 1. The average Bonchev–Trinajstić information content (AvgIpc) is 3.11. The predicted octanol–water partition coefficient (Wildman–Crippen LogP) is 5.14. The molecule has 0 bridgehead atoms. The second-order valence-electron chi connectivity index (χ2n) is 7.90. The van der Waals surface area contributed by atoms with Gasteiger partial charge in [-0.3, -0.25) is 14.2 Å². The van der Waals surface area contributed by atoms with Crippen molar-refractivity contribution in [3.63, 3.8) is 0 Å². The van der Waals surface area contributed by atoms with Crippen LogP contribution in [-0.2, 0) is 11.2 Å². The second-order valence-corrected chi connectivity index (χ2v) is 10.0. The average molecular weight is 462 g/mol.